The van der Waals surface area contributed by atoms with Crippen LogP contribution in [0.25, 0.3) is 0 Å². The minimum absolute atomic E-state index is 0.107. The van der Waals surface area contributed by atoms with Crippen LogP contribution in [0.5, 0.6) is 5.75 Å². The fourth-order valence-electron chi connectivity index (χ4n) is 2.11. The first-order valence-electron chi connectivity index (χ1n) is 6.28. The Balaban J connectivity index is 1.60. The van der Waals surface area contributed by atoms with Gasteiger partial charge in [-0.15, -0.1) is 0 Å². The third-order valence-corrected chi connectivity index (χ3v) is 3.73. The smallest absolute Gasteiger partial charge is 0.119 e. The molecule has 1 aromatic rings. The minimum Gasteiger partial charge on any atom is -0.490 e. The molecular weight excluding hydrogens is 198 g/mol. The summed E-state index contributed by atoms with van der Waals surface area (Å²) in [5, 5.41) is 0. The lowest BCUT2D eigenvalue weighted by Gasteiger charge is -2.26. The lowest BCUT2D eigenvalue weighted by molar-refractivity contribution is 0.120. The fourth-order valence-corrected chi connectivity index (χ4v) is 2.11. The maximum atomic E-state index is 6.10. The van der Waals surface area contributed by atoms with Crippen molar-refractivity contribution in [2.24, 2.45) is 5.73 Å². The zero-order valence-electron chi connectivity index (χ0n) is 9.61. The molecule has 16 heavy (non-hydrogen) atoms. The van der Waals surface area contributed by atoms with Gasteiger partial charge in [0.2, 0.25) is 0 Å². The van der Waals surface area contributed by atoms with E-state index in [9.17, 15) is 0 Å². The van der Waals surface area contributed by atoms with Gasteiger partial charge >= 0.3 is 0 Å². The Morgan fingerprint density at radius 1 is 1.19 bits per heavy atom. The van der Waals surface area contributed by atoms with Crippen LogP contribution >= 0.6 is 0 Å². The molecule has 0 bridgehead atoms. The van der Waals surface area contributed by atoms with E-state index in [0.717, 1.165) is 12.2 Å². The van der Waals surface area contributed by atoms with Crippen molar-refractivity contribution >= 4 is 0 Å². The van der Waals surface area contributed by atoms with Crippen LogP contribution in [-0.2, 0) is 6.42 Å². The van der Waals surface area contributed by atoms with Gasteiger partial charge in [0, 0.05) is 5.54 Å². The average molecular weight is 217 g/mol. The molecule has 2 fully saturated rings. The molecule has 0 heterocycles. The Morgan fingerprint density at radius 3 is 2.38 bits per heavy atom. The predicted octanol–water partition coefficient (Wildman–Crippen LogP) is 2.65. The Labute approximate surface area is 96.8 Å². The molecule has 86 valence electrons. The van der Waals surface area contributed by atoms with Crippen molar-refractivity contribution in [2.45, 2.75) is 50.2 Å². The topological polar surface area (TPSA) is 35.2 Å². The summed E-state index contributed by atoms with van der Waals surface area (Å²) in [6.07, 6.45) is 7.58. The lowest BCUT2D eigenvalue weighted by Crippen LogP contribution is -2.25. The second-order valence-corrected chi connectivity index (χ2v) is 5.35. The molecule has 2 heteroatoms. The highest BCUT2D eigenvalue weighted by Gasteiger charge is 2.37. The van der Waals surface area contributed by atoms with Gasteiger partial charge in [0.25, 0.3) is 0 Å². The molecule has 2 aliphatic carbocycles. The van der Waals surface area contributed by atoms with E-state index < -0.39 is 0 Å². The molecule has 0 radical (unpaired) electrons. The van der Waals surface area contributed by atoms with Gasteiger partial charge in [-0.1, -0.05) is 12.1 Å². The number of benzene rings is 1. The van der Waals surface area contributed by atoms with Gasteiger partial charge in [0.05, 0.1) is 6.10 Å². The first-order chi connectivity index (χ1) is 7.73. The van der Waals surface area contributed by atoms with E-state index in [1.54, 1.807) is 0 Å². The summed E-state index contributed by atoms with van der Waals surface area (Å²) in [5.74, 6) is 1.01. The van der Waals surface area contributed by atoms with E-state index in [1.165, 1.54) is 37.7 Å². The number of ether oxygens (including phenoxy) is 1. The van der Waals surface area contributed by atoms with E-state index in [4.69, 9.17) is 10.5 Å². The van der Waals surface area contributed by atoms with E-state index in [2.05, 4.69) is 24.3 Å². The van der Waals surface area contributed by atoms with Crippen molar-refractivity contribution in [3.63, 3.8) is 0 Å². The minimum atomic E-state index is 0.107. The molecule has 0 amide bonds. The van der Waals surface area contributed by atoms with Crippen molar-refractivity contribution < 1.29 is 4.74 Å². The summed E-state index contributed by atoms with van der Waals surface area (Å²) in [4.78, 5) is 0. The van der Waals surface area contributed by atoms with Crippen molar-refractivity contribution in [2.75, 3.05) is 0 Å². The monoisotopic (exact) mass is 217 g/mol. The zero-order valence-corrected chi connectivity index (χ0v) is 9.61. The van der Waals surface area contributed by atoms with Gasteiger partial charge in [-0.3, -0.25) is 0 Å². The molecule has 0 spiro atoms. The standard InChI is InChI=1S/C14H19NO/c15-14(8-9-14)10-11-4-6-13(7-5-11)16-12-2-1-3-12/h4-7,12H,1-3,8-10,15H2. The van der Waals surface area contributed by atoms with Gasteiger partial charge < -0.3 is 10.5 Å². The number of hydrogen-bond acceptors (Lipinski definition) is 2. The average Bonchev–Trinajstić information content (AvgIpc) is 2.92. The zero-order chi connectivity index (χ0) is 11.0. The highest BCUT2D eigenvalue weighted by Crippen LogP contribution is 2.36. The van der Waals surface area contributed by atoms with Crippen LogP contribution in [0.15, 0.2) is 24.3 Å². The molecule has 0 aromatic heterocycles. The molecular formula is C14H19NO. The third kappa shape index (κ3) is 2.22. The van der Waals surface area contributed by atoms with Gasteiger partial charge in [-0.2, -0.15) is 0 Å². The molecule has 2 saturated carbocycles. The molecule has 1 aromatic carbocycles. The summed E-state index contributed by atoms with van der Waals surface area (Å²) in [6, 6.07) is 8.47. The van der Waals surface area contributed by atoms with Crippen LogP contribution in [0.2, 0.25) is 0 Å². The Bertz CT molecular complexity index is 363. The number of nitrogens with two attached hydrogens (primary N) is 1. The van der Waals surface area contributed by atoms with Crippen molar-refractivity contribution in [3.05, 3.63) is 29.8 Å². The van der Waals surface area contributed by atoms with Crippen LogP contribution in [-0.4, -0.2) is 11.6 Å². The van der Waals surface area contributed by atoms with E-state index in [0.29, 0.717) is 6.10 Å². The van der Waals surface area contributed by atoms with Crippen molar-refractivity contribution in [1.82, 2.24) is 0 Å². The van der Waals surface area contributed by atoms with Crippen LogP contribution in [0, 0.1) is 0 Å². The van der Waals surface area contributed by atoms with Gasteiger partial charge in [-0.05, 0) is 56.2 Å². The highest BCUT2D eigenvalue weighted by atomic mass is 16.5. The SMILES string of the molecule is NC1(Cc2ccc(OC3CCC3)cc2)CC1. The van der Waals surface area contributed by atoms with Gasteiger partial charge in [0.1, 0.15) is 5.75 Å². The first-order valence-corrected chi connectivity index (χ1v) is 6.28. The maximum absolute atomic E-state index is 6.10. The summed E-state index contributed by atoms with van der Waals surface area (Å²) < 4.78 is 5.82. The predicted molar refractivity (Wildman–Crippen MR) is 64.6 cm³/mol. The molecule has 2 aliphatic rings. The first kappa shape index (κ1) is 10.2. The molecule has 0 atom stereocenters. The van der Waals surface area contributed by atoms with Crippen molar-refractivity contribution in [1.29, 1.82) is 0 Å². The van der Waals surface area contributed by atoms with Crippen LogP contribution in [0.4, 0.5) is 0 Å². The Kier molecular flexibility index (Phi) is 2.40. The van der Waals surface area contributed by atoms with Gasteiger partial charge in [-0.25, -0.2) is 0 Å². The third-order valence-electron chi connectivity index (χ3n) is 3.73. The van der Waals surface area contributed by atoms with Crippen molar-refractivity contribution in [3.8, 4) is 5.75 Å². The molecule has 0 saturated heterocycles. The Morgan fingerprint density at radius 2 is 1.88 bits per heavy atom. The lowest BCUT2D eigenvalue weighted by atomic mass is 9.96. The second-order valence-electron chi connectivity index (χ2n) is 5.35. The molecule has 2 N–H and O–H groups in total. The summed E-state index contributed by atoms with van der Waals surface area (Å²) in [5.41, 5.74) is 7.54. The summed E-state index contributed by atoms with van der Waals surface area (Å²) in [7, 11) is 0. The highest BCUT2D eigenvalue weighted by molar-refractivity contribution is 5.29. The Hall–Kier alpha value is -1.02. The molecule has 2 nitrogen and oxygen atoms in total. The van der Waals surface area contributed by atoms with E-state index in [1.807, 2.05) is 0 Å². The number of rotatable bonds is 4. The van der Waals surface area contributed by atoms with Crippen LogP contribution in [0.3, 0.4) is 0 Å². The normalized spacial score (nSPS) is 22.6. The number of hydrogen-bond donors (Lipinski definition) is 1. The molecule has 3 rings (SSSR count). The van der Waals surface area contributed by atoms with Crippen LogP contribution in [0.1, 0.15) is 37.7 Å². The van der Waals surface area contributed by atoms with E-state index >= 15 is 0 Å². The largest absolute Gasteiger partial charge is 0.490 e. The molecule has 0 unspecified atom stereocenters. The fraction of sp³-hybridized carbons (Fsp3) is 0.571. The summed E-state index contributed by atoms with van der Waals surface area (Å²) in [6.45, 7) is 0. The molecule has 0 aliphatic heterocycles. The van der Waals surface area contributed by atoms with Gasteiger partial charge in [0.15, 0.2) is 0 Å². The quantitative estimate of drug-likeness (QED) is 0.841. The summed E-state index contributed by atoms with van der Waals surface area (Å²) >= 11 is 0. The van der Waals surface area contributed by atoms with E-state index in [-0.39, 0.29) is 5.54 Å². The second kappa shape index (κ2) is 3.77. The van der Waals surface area contributed by atoms with Crippen LogP contribution < -0.4 is 10.5 Å². The maximum Gasteiger partial charge on any atom is 0.119 e.